The van der Waals surface area contributed by atoms with Gasteiger partial charge in [0.05, 0.1) is 11.2 Å². The van der Waals surface area contributed by atoms with Crippen LogP contribution < -0.4 is 0 Å². The van der Waals surface area contributed by atoms with Gasteiger partial charge in [0.25, 0.3) is 0 Å². The lowest BCUT2D eigenvalue weighted by Crippen LogP contribution is -2.56. The van der Waals surface area contributed by atoms with Crippen molar-refractivity contribution in [2.24, 2.45) is 0 Å². The van der Waals surface area contributed by atoms with Crippen LogP contribution in [0.15, 0.2) is 35.1 Å². The average Bonchev–Trinajstić information content (AvgIpc) is 3.17. The lowest BCUT2D eigenvalue weighted by Gasteiger charge is -2.43. The molecule has 0 radical (unpaired) electrons. The van der Waals surface area contributed by atoms with Gasteiger partial charge in [0.1, 0.15) is 24.1 Å². The van der Waals surface area contributed by atoms with Crippen LogP contribution in [0.25, 0.3) is 0 Å². The number of hydrogen-bond donors (Lipinski definition) is 1. The summed E-state index contributed by atoms with van der Waals surface area (Å²) < 4.78 is 28.4. The van der Waals surface area contributed by atoms with Gasteiger partial charge in [0.15, 0.2) is 5.79 Å². The Labute approximate surface area is 187 Å². The molecule has 0 aromatic rings. The number of esters is 3. The van der Waals surface area contributed by atoms with E-state index in [-0.39, 0.29) is 42.1 Å². The summed E-state index contributed by atoms with van der Waals surface area (Å²) in [6.45, 7) is 11.4. The van der Waals surface area contributed by atoms with Crippen LogP contribution >= 0.6 is 0 Å². The number of aliphatic hydroxyl groups is 1. The highest BCUT2D eigenvalue weighted by atomic mass is 16.7. The van der Waals surface area contributed by atoms with Crippen molar-refractivity contribution in [3.8, 4) is 0 Å². The lowest BCUT2D eigenvalue weighted by molar-refractivity contribution is -0.318. The maximum atomic E-state index is 12.7. The SMILES string of the molecule is C=C(C)C(=O)OC1CC(C)(O)C2(OCC)CCC(C)(/C=C3\OC(=O)C(COC(C)=O)=C31)O2. The zero-order valence-corrected chi connectivity index (χ0v) is 19.1. The number of rotatable bonds is 6. The van der Waals surface area contributed by atoms with E-state index < -0.39 is 41.0 Å². The van der Waals surface area contributed by atoms with Crippen LogP contribution in [-0.2, 0) is 38.1 Å². The minimum Gasteiger partial charge on any atom is -0.461 e. The lowest BCUT2D eigenvalue weighted by atomic mass is 9.82. The van der Waals surface area contributed by atoms with Gasteiger partial charge in [-0.3, -0.25) is 4.79 Å². The highest BCUT2D eigenvalue weighted by Crippen LogP contribution is 2.51. The molecular weight excluding hydrogens is 420 g/mol. The maximum Gasteiger partial charge on any atom is 0.343 e. The largest absolute Gasteiger partial charge is 0.461 e. The number of fused-ring (bicyclic) bond motifs is 3. The normalized spacial score (nSPS) is 35.6. The minimum absolute atomic E-state index is 0.0357. The molecule has 32 heavy (non-hydrogen) atoms. The fraction of sp³-hybridized carbons (Fsp3) is 0.609. The van der Waals surface area contributed by atoms with Crippen molar-refractivity contribution in [3.05, 3.63) is 35.1 Å². The van der Waals surface area contributed by atoms with Crippen LogP contribution in [0.5, 0.6) is 0 Å². The first kappa shape index (κ1) is 24.2. The molecule has 1 N–H and O–H groups in total. The standard InChI is InChI=1S/C23H30O9/c1-7-29-23-9-8-21(5,32-23)10-16-18(15(20(26)31-16)12-28-14(4)24)17(11-22(23,6)27)30-19(25)13(2)3/h10,17,27H,2,7-9,11-12H2,1,3-6H3/b16-10-. The summed E-state index contributed by atoms with van der Waals surface area (Å²) in [5.74, 6) is -3.23. The third kappa shape index (κ3) is 4.37. The van der Waals surface area contributed by atoms with Crippen LogP contribution in [0.4, 0.5) is 0 Å². The molecule has 176 valence electrons. The molecule has 0 aliphatic carbocycles. The highest BCUT2D eigenvalue weighted by molar-refractivity contribution is 5.96. The number of ether oxygens (including phenoxy) is 5. The predicted octanol–water partition coefficient (Wildman–Crippen LogP) is 2.23. The predicted molar refractivity (Wildman–Crippen MR) is 111 cm³/mol. The van der Waals surface area contributed by atoms with Crippen molar-refractivity contribution in [2.45, 2.75) is 77.0 Å². The topological polar surface area (TPSA) is 118 Å². The summed E-state index contributed by atoms with van der Waals surface area (Å²) in [4.78, 5) is 36.5. The first-order valence-corrected chi connectivity index (χ1v) is 10.6. The summed E-state index contributed by atoms with van der Waals surface area (Å²) in [7, 11) is 0. The molecule has 1 saturated heterocycles. The molecule has 4 atom stereocenters. The van der Waals surface area contributed by atoms with Crippen molar-refractivity contribution < 1.29 is 43.2 Å². The van der Waals surface area contributed by atoms with Crippen molar-refractivity contribution in [2.75, 3.05) is 13.2 Å². The summed E-state index contributed by atoms with van der Waals surface area (Å²) >= 11 is 0. The molecule has 3 rings (SSSR count). The van der Waals surface area contributed by atoms with Gasteiger partial charge in [0.2, 0.25) is 0 Å². The number of hydrogen-bond acceptors (Lipinski definition) is 9. The first-order chi connectivity index (χ1) is 14.8. The van der Waals surface area contributed by atoms with Crippen LogP contribution in [0.1, 0.15) is 53.9 Å². The Morgan fingerprint density at radius 2 is 1.97 bits per heavy atom. The molecule has 3 aliphatic heterocycles. The molecule has 3 aliphatic rings. The van der Waals surface area contributed by atoms with E-state index in [2.05, 4.69) is 6.58 Å². The van der Waals surface area contributed by atoms with Crippen LogP contribution in [0, 0.1) is 0 Å². The van der Waals surface area contributed by atoms with E-state index in [1.165, 1.54) is 13.8 Å². The summed E-state index contributed by atoms with van der Waals surface area (Å²) in [6, 6.07) is 0. The van der Waals surface area contributed by atoms with Gasteiger partial charge in [0, 0.05) is 37.5 Å². The second-order valence-corrected chi connectivity index (χ2v) is 8.82. The van der Waals surface area contributed by atoms with Crippen molar-refractivity contribution in [1.82, 2.24) is 0 Å². The number of carbonyl (C=O) groups excluding carboxylic acids is 3. The highest BCUT2D eigenvalue weighted by Gasteiger charge is 2.60. The van der Waals surface area contributed by atoms with Gasteiger partial charge in [-0.1, -0.05) is 6.58 Å². The van der Waals surface area contributed by atoms with Crippen LogP contribution in [-0.4, -0.2) is 59.3 Å². The monoisotopic (exact) mass is 450 g/mol. The van der Waals surface area contributed by atoms with E-state index in [9.17, 15) is 19.5 Å². The molecule has 0 spiro atoms. The van der Waals surface area contributed by atoms with E-state index in [0.717, 1.165) is 0 Å². The second-order valence-electron chi connectivity index (χ2n) is 8.82. The Morgan fingerprint density at radius 1 is 1.28 bits per heavy atom. The van der Waals surface area contributed by atoms with E-state index in [1.54, 1.807) is 26.8 Å². The molecule has 3 heterocycles. The Balaban J connectivity index is 2.19. The molecule has 2 bridgehead atoms. The quantitative estimate of drug-likeness (QED) is 0.369. The van der Waals surface area contributed by atoms with Gasteiger partial charge >= 0.3 is 17.9 Å². The van der Waals surface area contributed by atoms with Crippen LogP contribution in [0.3, 0.4) is 0 Å². The Kier molecular flexibility index (Phi) is 6.38. The van der Waals surface area contributed by atoms with Crippen molar-refractivity contribution >= 4 is 17.9 Å². The second kappa shape index (κ2) is 8.46. The summed E-state index contributed by atoms with van der Waals surface area (Å²) in [5.41, 5.74) is -2.13. The third-order valence-electron chi connectivity index (χ3n) is 5.95. The van der Waals surface area contributed by atoms with E-state index in [4.69, 9.17) is 23.7 Å². The van der Waals surface area contributed by atoms with Gasteiger partial charge in [-0.25, -0.2) is 9.59 Å². The number of carbonyl (C=O) groups is 3. The van der Waals surface area contributed by atoms with E-state index >= 15 is 0 Å². The fourth-order valence-corrected chi connectivity index (χ4v) is 4.33. The molecular formula is C23H30O9. The molecule has 0 saturated carbocycles. The molecule has 0 aromatic carbocycles. The zero-order valence-electron chi connectivity index (χ0n) is 19.1. The Bertz CT molecular complexity index is 912. The molecule has 9 nitrogen and oxygen atoms in total. The third-order valence-corrected chi connectivity index (χ3v) is 5.95. The zero-order chi connectivity index (χ0) is 23.9. The van der Waals surface area contributed by atoms with E-state index in [1.807, 2.05) is 0 Å². The van der Waals surface area contributed by atoms with Crippen molar-refractivity contribution in [1.29, 1.82) is 0 Å². The Morgan fingerprint density at radius 3 is 2.56 bits per heavy atom. The van der Waals surface area contributed by atoms with Crippen molar-refractivity contribution in [3.63, 3.8) is 0 Å². The molecule has 1 fully saturated rings. The summed E-state index contributed by atoms with van der Waals surface area (Å²) in [6.07, 6.45) is 1.23. The molecule has 0 aromatic heterocycles. The molecule has 9 heteroatoms. The van der Waals surface area contributed by atoms with Gasteiger partial charge in [-0.15, -0.1) is 0 Å². The van der Waals surface area contributed by atoms with Gasteiger partial charge in [-0.2, -0.15) is 0 Å². The van der Waals surface area contributed by atoms with E-state index in [0.29, 0.717) is 12.8 Å². The summed E-state index contributed by atoms with van der Waals surface area (Å²) in [5, 5.41) is 11.6. The molecule has 4 unspecified atom stereocenters. The minimum atomic E-state index is -1.62. The average molecular weight is 450 g/mol. The van der Waals surface area contributed by atoms with Gasteiger partial charge in [-0.05, 0) is 40.2 Å². The Hall–Kier alpha value is -2.49. The smallest absolute Gasteiger partial charge is 0.343 e. The molecule has 0 amide bonds. The van der Waals surface area contributed by atoms with Gasteiger partial charge < -0.3 is 28.8 Å². The maximum absolute atomic E-state index is 12.7. The first-order valence-electron chi connectivity index (χ1n) is 10.6. The fourth-order valence-electron chi connectivity index (χ4n) is 4.33. The van der Waals surface area contributed by atoms with Crippen LogP contribution in [0.2, 0.25) is 0 Å².